The number of carboxylic acid groups (broad SMARTS) is 2. The number of carbonyl (C=O) groups is 3. The summed E-state index contributed by atoms with van der Waals surface area (Å²) in [5.74, 6) is -4.01. The van der Waals surface area contributed by atoms with Crippen LogP contribution in [0, 0.1) is 0 Å². The zero-order valence-electron chi connectivity index (χ0n) is 18.5. The lowest BCUT2D eigenvalue weighted by Gasteiger charge is -2.17. The van der Waals surface area contributed by atoms with Crippen LogP contribution >= 0.6 is 0 Å². The average molecular weight is 486 g/mol. The molecular formula is C21H23FN8O5. The minimum atomic E-state index is -2.42. The number of aliphatic carboxylic acids is 2. The monoisotopic (exact) mass is 486 g/mol. The first-order valence-corrected chi connectivity index (χ1v) is 10.4. The van der Waals surface area contributed by atoms with Crippen molar-refractivity contribution in [1.82, 2.24) is 25.3 Å². The fourth-order valence-corrected chi connectivity index (χ4v) is 3.22. The number of carboxylic acids is 2. The number of rotatable bonds is 10. The van der Waals surface area contributed by atoms with Crippen molar-refractivity contribution >= 4 is 46.5 Å². The van der Waals surface area contributed by atoms with Gasteiger partial charge in [-0.05, 0) is 30.2 Å². The highest BCUT2D eigenvalue weighted by atomic mass is 19.1. The predicted molar refractivity (Wildman–Crippen MR) is 123 cm³/mol. The number of benzene rings is 1. The molecule has 13 nitrogen and oxygen atoms in total. The number of nitrogen functional groups attached to an aromatic ring is 2. The quantitative estimate of drug-likeness (QED) is 0.234. The van der Waals surface area contributed by atoms with Crippen LogP contribution in [0.5, 0.6) is 0 Å². The van der Waals surface area contributed by atoms with Gasteiger partial charge in [0.15, 0.2) is 23.2 Å². The van der Waals surface area contributed by atoms with E-state index in [0.717, 1.165) is 5.56 Å². The zero-order valence-corrected chi connectivity index (χ0v) is 18.5. The maximum atomic E-state index is 13.5. The summed E-state index contributed by atoms with van der Waals surface area (Å²) < 4.78 is 13.5. The SMILES string of the molecule is CCc1cc(C(=O)N[C@@H](CC(F)C(=O)O)C(=O)O)ccc1NCc1cnc2nc(N)nc(N)c2n1. The highest BCUT2D eigenvalue weighted by Crippen LogP contribution is 2.20. The average Bonchev–Trinajstić information content (AvgIpc) is 2.81. The molecule has 0 aliphatic rings. The minimum Gasteiger partial charge on any atom is -0.480 e. The summed E-state index contributed by atoms with van der Waals surface area (Å²) in [6.07, 6.45) is -1.28. The summed E-state index contributed by atoms with van der Waals surface area (Å²) in [5, 5.41) is 23.2. The second kappa shape index (κ2) is 10.5. The molecule has 14 heteroatoms. The van der Waals surface area contributed by atoms with E-state index in [0.29, 0.717) is 23.3 Å². The number of amides is 1. The molecule has 0 saturated carbocycles. The van der Waals surface area contributed by atoms with Crippen molar-refractivity contribution in [2.75, 3.05) is 16.8 Å². The normalized spacial score (nSPS) is 12.6. The molecule has 2 heterocycles. The van der Waals surface area contributed by atoms with Gasteiger partial charge in [-0.1, -0.05) is 6.92 Å². The van der Waals surface area contributed by atoms with Crippen molar-refractivity contribution < 1.29 is 29.0 Å². The first kappa shape index (κ1) is 25.0. The molecule has 0 fully saturated rings. The van der Waals surface area contributed by atoms with Crippen LogP contribution in [0.3, 0.4) is 0 Å². The predicted octanol–water partition coefficient (Wildman–Crippen LogP) is 0.755. The van der Waals surface area contributed by atoms with Crippen LogP contribution in [0.2, 0.25) is 0 Å². The Hall–Kier alpha value is -4.62. The number of anilines is 3. The Labute approximate surface area is 197 Å². The third kappa shape index (κ3) is 6.04. The summed E-state index contributed by atoms with van der Waals surface area (Å²) in [6, 6.07) is 2.95. The van der Waals surface area contributed by atoms with Crippen LogP contribution in [0.1, 0.15) is 35.0 Å². The van der Waals surface area contributed by atoms with E-state index in [2.05, 4.69) is 30.6 Å². The van der Waals surface area contributed by atoms with E-state index >= 15 is 0 Å². The van der Waals surface area contributed by atoms with E-state index in [4.69, 9.17) is 16.6 Å². The largest absolute Gasteiger partial charge is 0.480 e. The second-order valence-electron chi connectivity index (χ2n) is 7.49. The van der Waals surface area contributed by atoms with Crippen molar-refractivity contribution in [3.8, 4) is 0 Å². The molecule has 0 aliphatic carbocycles. The van der Waals surface area contributed by atoms with Gasteiger partial charge in [-0.3, -0.25) is 4.79 Å². The maximum absolute atomic E-state index is 13.5. The Kier molecular flexibility index (Phi) is 7.53. The summed E-state index contributed by atoms with van der Waals surface area (Å²) in [7, 11) is 0. The molecule has 0 aliphatic heterocycles. The third-order valence-corrected chi connectivity index (χ3v) is 5.02. The molecule has 1 unspecified atom stereocenters. The Bertz CT molecular complexity index is 1290. The van der Waals surface area contributed by atoms with Gasteiger partial charge in [-0.2, -0.15) is 9.97 Å². The zero-order chi connectivity index (χ0) is 25.7. The molecule has 35 heavy (non-hydrogen) atoms. The number of halogens is 1. The molecule has 8 N–H and O–H groups in total. The first-order valence-electron chi connectivity index (χ1n) is 10.4. The number of carbonyl (C=O) groups excluding carboxylic acids is 1. The number of hydrogen-bond acceptors (Lipinski definition) is 10. The summed E-state index contributed by atoms with van der Waals surface area (Å²) >= 11 is 0. The van der Waals surface area contributed by atoms with E-state index in [1.807, 2.05) is 6.92 Å². The first-order chi connectivity index (χ1) is 16.6. The van der Waals surface area contributed by atoms with Gasteiger partial charge in [0.2, 0.25) is 5.95 Å². The van der Waals surface area contributed by atoms with E-state index in [1.165, 1.54) is 12.3 Å². The summed E-state index contributed by atoms with van der Waals surface area (Å²) in [4.78, 5) is 51.0. The fourth-order valence-electron chi connectivity index (χ4n) is 3.22. The van der Waals surface area contributed by atoms with Crippen LogP contribution < -0.4 is 22.1 Å². The number of alkyl halides is 1. The summed E-state index contributed by atoms with van der Waals surface area (Å²) in [6.45, 7) is 2.13. The Balaban J connectivity index is 1.73. The van der Waals surface area contributed by atoms with Gasteiger partial charge in [-0.25, -0.2) is 23.9 Å². The topological polar surface area (TPSA) is 219 Å². The van der Waals surface area contributed by atoms with Crippen LogP contribution in [-0.4, -0.2) is 60.2 Å². The number of aromatic nitrogens is 4. The van der Waals surface area contributed by atoms with Crippen molar-refractivity contribution in [1.29, 1.82) is 0 Å². The van der Waals surface area contributed by atoms with Crippen molar-refractivity contribution in [3.63, 3.8) is 0 Å². The van der Waals surface area contributed by atoms with E-state index in [9.17, 15) is 23.9 Å². The fraction of sp³-hybridized carbons (Fsp3) is 0.286. The molecule has 3 aromatic rings. The van der Waals surface area contributed by atoms with Gasteiger partial charge < -0.3 is 32.3 Å². The molecule has 3 rings (SSSR count). The minimum absolute atomic E-state index is 0.00652. The van der Waals surface area contributed by atoms with Gasteiger partial charge in [-0.15, -0.1) is 0 Å². The second-order valence-corrected chi connectivity index (χ2v) is 7.49. The molecule has 1 aromatic carbocycles. The molecular weight excluding hydrogens is 463 g/mol. The standard InChI is InChI=1S/C21H23FN8O5/c1-2-9-5-10(18(31)28-14(20(34)35)6-12(22)19(32)33)3-4-13(9)25-7-11-8-26-17-15(27-11)16(23)29-21(24)30-17/h3-5,8,12,14,25H,2,6-7H2,1H3,(H,28,31)(H,32,33)(H,34,35)(H4,23,24,26,29,30)/t12?,14-/m0/s1. The smallest absolute Gasteiger partial charge is 0.338 e. The van der Waals surface area contributed by atoms with Crippen LogP contribution in [-0.2, 0) is 22.6 Å². The molecule has 184 valence electrons. The van der Waals surface area contributed by atoms with Gasteiger partial charge in [0.25, 0.3) is 5.91 Å². The van der Waals surface area contributed by atoms with E-state index in [1.54, 1.807) is 12.1 Å². The van der Waals surface area contributed by atoms with Crippen LogP contribution in [0.15, 0.2) is 24.4 Å². The molecule has 2 atom stereocenters. The molecule has 0 bridgehead atoms. The van der Waals surface area contributed by atoms with Gasteiger partial charge in [0.05, 0.1) is 18.4 Å². The highest BCUT2D eigenvalue weighted by molar-refractivity contribution is 5.97. The van der Waals surface area contributed by atoms with Gasteiger partial charge >= 0.3 is 11.9 Å². The molecule has 1 amide bonds. The lowest BCUT2D eigenvalue weighted by Crippen LogP contribution is -2.43. The molecule has 0 spiro atoms. The number of nitrogens with two attached hydrogens (primary N) is 2. The van der Waals surface area contributed by atoms with Crippen molar-refractivity contribution in [2.45, 2.75) is 38.5 Å². The van der Waals surface area contributed by atoms with Crippen molar-refractivity contribution in [2.24, 2.45) is 0 Å². The van der Waals surface area contributed by atoms with E-state index < -0.39 is 36.5 Å². The molecule has 2 aromatic heterocycles. The number of nitrogens with one attached hydrogen (secondary N) is 2. The number of fused-ring (bicyclic) bond motifs is 1. The Morgan fingerprint density at radius 1 is 1.11 bits per heavy atom. The summed E-state index contributed by atoms with van der Waals surface area (Å²) in [5.41, 5.74) is 14.1. The Morgan fingerprint density at radius 3 is 2.51 bits per heavy atom. The van der Waals surface area contributed by atoms with Crippen LogP contribution in [0.25, 0.3) is 11.2 Å². The van der Waals surface area contributed by atoms with Gasteiger partial charge in [0, 0.05) is 17.7 Å². The molecule has 0 radical (unpaired) electrons. The lowest BCUT2D eigenvalue weighted by atomic mass is 10.0. The van der Waals surface area contributed by atoms with Crippen molar-refractivity contribution in [3.05, 3.63) is 41.2 Å². The Morgan fingerprint density at radius 2 is 1.86 bits per heavy atom. The van der Waals surface area contributed by atoms with E-state index in [-0.39, 0.29) is 29.5 Å². The number of hydrogen-bond donors (Lipinski definition) is 6. The third-order valence-electron chi connectivity index (χ3n) is 5.02. The lowest BCUT2D eigenvalue weighted by molar-refractivity contribution is -0.145. The number of aryl methyl sites for hydroxylation is 1. The highest BCUT2D eigenvalue weighted by Gasteiger charge is 2.28. The number of nitrogens with zero attached hydrogens (tertiary/aromatic N) is 4. The van der Waals surface area contributed by atoms with Crippen LogP contribution in [0.4, 0.5) is 21.8 Å². The molecule has 0 saturated heterocycles. The van der Waals surface area contributed by atoms with Gasteiger partial charge in [0.1, 0.15) is 6.04 Å². The maximum Gasteiger partial charge on any atom is 0.338 e.